The highest BCUT2D eigenvalue weighted by molar-refractivity contribution is 6.00. The average molecular weight is 495 g/mol. The summed E-state index contributed by atoms with van der Waals surface area (Å²) >= 11 is 0. The Balaban J connectivity index is 0.00000324. The lowest BCUT2D eigenvalue weighted by Crippen LogP contribution is -2.64. The molecule has 3 amide bonds. The fraction of sp³-hybridized carbons (Fsp3) is 0.720. The van der Waals surface area contributed by atoms with E-state index < -0.39 is 18.2 Å². The molecule has 3 atom stereocenters. The monoisotopic (exact) mass is 494 g/mol. The number of fused-ring (bicyclic) bond motifs is 1. The Labute approximate surface area is 208 Å². The van der Waals surface area contributed by atoms with E-state index >= 15 is 0 Å². The van der Waals surface area contributed by atoms with Crippen molar-refractivity contribution in [3.05, 3.63) is 24.2 Å². The van der Waals surface area contributed by atoms with Crippen LogP contribution in [-0.2, 0) is 9.59 Å². The summed E-state index contributed by atoms with van der Waals surface area (Å²) in [4.78, 5) is 46.3. The van der Waals surface area contributed by atoms with Crippen LogP contribution in [0.25, 0.3) is 0 Å². The Hall–Kier alpha value is -2.06. The van der Waals surface area contributed by atoms with Gasteiger partial charge in [0.15, 0.2) is 5.76 Å². The molecule has 1 unspecified atom stereocenters. The average Bonchev–Trinajstić information content (AvgIpc) is 3.39. The molecule has 9 heteroatoms. The lowest BCUT2D eigenvalue weighted by Gasteiger charge is -2.46. The Bertz CT molecular complexity index is 853. The van der Waals surface area contributed by atoms with E-state index in [2.05, 4.69) is 33.0 Å². The van der Waals surface area contributed by atoms with Gasteiger partial charge in [-0.25, -0.2) is 0 Å². The maximum Gasteiger partial charge on any atom is 0.291 e. The van der Waals surface area contributed by atoms with Crippen LogP contribution >= 0.6 is 12.4 Å². The third kappa shape index (κ3) is 5.28. The van der Waals surface area contributed by atoms with E-state index in [-0.39, 0.29) is 47.7 Å². The summed E-state index contributed by atoms with van der Waals surface area (Å²) in [7, 11) is 0. The van der Waals surface area contributed by atoms with Gasteiger partial charge in [-0.05, 0) is 68.7 Å². The van der Waals surface area contributed by atoms with Gasteiger partial charge in [0, 0.05) is 6.54 Å². The zero-order chi connectivity index (χ0) is 23.7. The Morgan fingerprint density at radius 3 is 2.29 bits per heavy atom. The summed E-state index contributed by atoms with van der Waals surface area (Å²) in [5, 5.41) is 3.38. The summed E-state index contributed by atoms with van der Waals surface area (Å²) in [6, 6.07) is 2.24. The van der Waals surface area contributed by atoms with E-state index in [0.717, 1.165) is 25.9 Å². The quantitative estimate of drug-likeness (QED) is 0.629. The topological polar surface area (TPSA) is 86.1 Å². The zero-order valence-electron chi connectivity index (χ0n) is 20.7. The minimum absolute atomic E-state index is 0. The number of hydrogen-bond acceptors (Lipinski definition) is 5. The maximum atomic E-state index is 13.7. The third-order valence-corrected chi connectivity index (χ3v) is 7.13. The molecule has 4 rings (SSSR count). The number of piperidine rings is 1. The van der Waals surface area contributed by atoms with Crippen LogP contribution in [0.15, 0.2) is 22.8 Å². The van der Waals surface area contributed by atoms with Crippen molar-refractivity contribution in [3.8, 4) is 0 Å². The molecule has 0 saturated carbocycles. The summed E-state index contributed by atoms with van der Waals surface area (Å²) in [5.41, 5.74) is 0. The third-order valence-electron chi connectivity index (χ3n) is 7.13. The molecular weight excluding hydrogens is 456 g/mol. The minimum atomic E-state index is -0.575. The molecule has 4 heterocycles. The molecule has 3 aliphatic rings. The lowest BCUT2D eigenvalue weighted by atomic mass is 9.94. The Morgan fingerprint density at radius 2 is 1.71 bits per heavy atom. The lowest BCUT2D eigenvalue weighted by molar-refractivity contribution is -0.154. The smallest absolute Gasteiger partial charge is 0.291 e. The van der Waals surface area contributed by atoms with Gasteiger partial charge in [-0.3, -0.25) is 14.4 Å². The molecule has 0 bridgehead atoms. The maximum absolute atomic E-state index is 13.7. The first-order valence-electron chi connectivity index (χ1n) is 12.5. The first-order chi connectivity index (χ1) is 15.8. The van der Waals surface area contributed by atoms with Crippen molar-refractivity contribution >= 4 is 30.1 Å². The first kappa shape index (κ1) is 26.5. The molecule has 3 saturated heterocycles. The van der Waals surface area contributed by atoms with Crippen LogP contribution in [-0.4, -0.2) is 76.8 Å². The van der Waals surface area contributed by atoms with Crippen molar-refractivity contribution in [2.24, 2.45) is 17.8 Å². The van der Waals surface area contributed by atoms with Gasteiger partial charge in [0.2, 0.25) is 11.8 Å². The predicted molar refractivity (Wildman–Crippen MR) is 131 cm³/mol. The van der Waals surface area contributed by atoms with Gasteiger partial charge < -0.3 is 24.4 Å². The normalized spacial score (nSPS) is 25.8. The summed E-state index contributed by atoms with van der Waals surface area (Å²) in [6.45, 7) is 11.2. The van der Waals surface area contributed by atoms with Gasteiger partial charge in [0.1, 0.15) is 18.2 Å². The molecule has 1 aromatic heterocycles. The fourth-order valence-electron chi connectivity index (χ4n) is 5.60. The molecule has 8 nitrogen and oxygen atoms in total. The second-order valence-corrected chi connectivity index (χ2v) is 10.6. The molecule has 0 aliphatic carbocycles. The fourth-order valence-corrected chi connectivity index (χ4v) is 5.60. The van der Waals surface area contributed by atoms with Crippen LogP contribution in [0.3, 0.4) is 0 Å². The number of carbonyl (C=O) groups is 3. The van der Waals surface area contributed by atoms with Gasteiger partial charge in [-0.15, -0.1) is 12.4 Å². The SMILES string of the molecule is CC(C)C[C@@H]1C(=O)N2C(CN(CC3CCNCC3)C(=O)[C@@H]2CC(C)C)N1C(=O)c1ccco1.Cl. The van der Waals surface area contributed by atoms with Gasteiger partial charge in [0.25, 0.3) is 5.91 Å². The number of piperazine rings is 1. The number of amides is 3. The van der Waals surface area contributed by atoms with E-state index in [1.54, 1.807) is 21.9 Å². The molecule has 190 valence electrons. The van der Waals surface area contributed by atoms with Gasteiger partial charge in [-0.1, -0.05) is 27.7 Å². The van der Waals surface area contributed by atoms with Crippen molar-refractivity contribution in [3.63, 3.8) is 0 Å². The van der Waals surface area contributed by atoms with Gasteiger partial charge >= 0.3 is 0 Å². The second-order valence-electron chi connectivity index (χ2n) is 10.6. The molecule has 34 heavy (non-hydrogen) atoms. The first-order valence-corrected chi connectivity index (χ1v) is 12.5. The van der Waals surface area contributed by atoms with Crippen LogP contribution < -0.4 is 5.32 Å². The highest BCUT2D eigenvalue weighted by Gasteiger charge is 2.56. The molecule has 1 aromatic rings. The second kappa shape index (κ2) is 11.1. The van der Waals surface area contributed by atoms with Crippen molar-refractivity contribution in [2.75, 3.05) is 26.2 Å². The molecule has 0 spiro atoms. The molecule has 3 aliphatic heterocycles. The van der Waals surface area contributed by atoms with Crippen molar-refractivity contribution in [2.45, 2.75) is 71.6 Å². The number of halogens is 1. The standard InChI is InChI=1S/C25H38N4O4.ClH/c1-16(2)12-19-23(30)27(14-18-7-9-26-10-8-18)15-22-28(19)24(31)20(13-17(3)4)29(22)25(32)21-6-5-11-33-21;/h5-6,11,16-20,22,26H,7-10,12-15H2,1-4H3;1H/t19-,20+,22?;/m0./s1. The van der Waals surface area contributed by atoms with Gasteiger partial charge in [-0.2, -0.15) is 0 Å². The predicted octanol–water partition coefficient (Wildman–Crippen LogP) is 2.98. The highest BCUT2D eigenvalue weighted by Crippen LogP contribution is 2.36. The zero-order valence-corrected chi connectivity index (χ0v) is 21.6. The van der Waals surface area contributed by atoms with E-state index in [0.29, 0.717) is 31.8 Å². The number of nitrogens with one attached hydrogen (secondary N) is 1. The van der Waals surface area contributed by atoms with Crippen LogP contribution in [0.4, 0.5) is 0 Å². The Kier molecular flexibility index (Phi) is 8.68. The summed E-state index contributed by atoms with van der Waals surface area (Å²) in [6.07, 6.45) is 4.27. The van der Waals surface area contributed by atoms with Crippen molar-refractivity contribution in [1.29, 1.82) is 0 Å². The largest absolute Gasteiger partial charge is 0.459 e. The number of rotatable bonds is 7. The van der Waals surface area contributed by atoms with E-state index in [1.807, 2.05) is 4.90 Å². The molecular formula is C25H39ClN4O4. The van der Waals surface area contributed by atoms with Crippen LogP contribution in [0, 0.1) is 17.8 Å². The van der Waals surface area contributed by atoms with E-state index in [9.17, 15) is 14.4 Å². The number of hydrogen-bond donors (Lipinski definition) is 1. The Morgan fingerprint density at radius 1 is 1.06 bits per heavy atom. The van der Waals surface area contributed by atoms with Crippen LogP contribution in [0.5, 0.6) is 0 Å². The summed E-state index contributed by atoms with van der Waals surface area (Å²) in [5.74, 6) is 0.823. The molecule has 0 aromatic carbocycles. The van der Waals surface area contributed by atoms with Crippen molar-refractivity contribution in [1.82, 2.24) is 20.0 Å². The number of furan rings is 1. The van der Waals surface area contributed by atoms with Gasteiger partial charge in [0.05, 0.1) is 12.8 Å². The van der Waals surface area contributed by atoms with E-state index in [4.69, 9.17) is 4.42 Å². The highest BCUT2D eigenvalue weighted by atomic mass is 35.5. The van der Waals surface area contributed by atoms with Crippen molar-refractivity contribution < 1.29 is 18.8 Å². The van der Waals surface area contributed by atoms with Crippen LogP contribution in [0.1, 0.15) is 63.9 Å². The number of carbonyl (C=O) groups excluding carboxylic acids is 3. The molecule has 1 N–H and O–H groups in total. The molecule has 0 radical (unpaired) electrons. The number of nitrogens with zero attached hydrogens (tertiary/aromatic N) is 3. The molecule has 3 fully saturated rings. The summed E-state index contributed by atoms with van der Waals surface area (Å²) < 4.78 is 5.43. The van der Waals surface area contributed by atoms with Crippen LogP contribution in [0.2, 0.25) is 0 Å². The minimum Gasteiger partial charge on any atom is -0.459 e. The van der Waals surface area contributed by atoms with E-state index in [1.165, 1.54) is 6.26 Å².